The maximum Gasteiger partial charge on any atom is 0.269 e. The zero-order chi connectivity index (χ0) is 19.1. The topological polar surface area (TPSA) is 74.0 Å². The van der Waals surface area contributed by atoms with Gasteiger partial charge in [-0.3, -0.25) is 20.0 Å². The number of nitro groups is 1. The van der Waals surface area contributed by atoms with Gasteiger partial charge in [-0.1, -0.05) is 12.1 Å². The van der Waals surface area contributed by atoms with Gasteiger partial charge in [0.15, 0.2) is 5.96 Å². The Morgan fingerprint density at radius 1 is 1.22 bits per heavy atom. The molecule has 1 N–H and O–H groups in total. The van der Waals surface area contributed by atoms with Crippen molar-refractivity contribution < 1.29 is 4.92 Å². The maximum absolute atomic E-state index is 10.7. The van der Waals surface area contributed by atoms with Crippen LogP contribution < -0.4 is 5.32 Å². The minimum absolute atomic E-state index is 0.155. The van der Waals surface area contributed by atoms with Crippen LogP contribution in [0.5, 0.6) is 0 Å². The summed E-state index contributed by atoms with van der Waals surface area (Å²) >= 11 is 0. The van der Waals surface area contributed by atoms with Crippen LogP contribution in [0.3, 0.4) is 0 Å². The van der Waals surface area contributed by atoms with Crippen LogP contribution in [0, 0.1) is 10.1 Å². The van der Waals surface area contributed by atoms with E-state index in [0.717, 1.165) is 50.4 Å². The predicted molar refractivity (Wildman–Crippen MR) is 108 cm³/mol. The van der Waals surface area contributed by atoms with E-state index in [1.807, 2.05) is 19.2 Å². The minimum Gasteiger partial charge on any atom is -0.356 e. The van der Waals surface area contributed by atoms with Crippen molar-refractivity contribution in [1.82, 2.24) is 15.1 Å². The fourth-order valence-corrected chi connectivity index (χ4v) is 4.11. The molecule has 3 rings (SSSR count). The summed E-state index contributed by atoms with van der Waals surface area (Å²) in [6.45, 7) is 5.59. The molecule has 148 valence electrons. The van der Waals surface area contributed by atoms with Gasteiger partial charge in [0.25, 0.3) is 5.69 Å². The van der Waals surface area contributed by atoms with Crippen molar-refractivity contribution in [2.75, 3.05) is 39.8 Å². The van der Waals surface area contributed by atoms with Crippen LogP contribution >= 0.6 is 0 Å². The maximum atomic E-state index is 10.7. The zero-order valence-electron chi connectivity index (χ0n) is 16.3. The first-order valence-corrected chi connectivity index (χ1v) is 10.1. The Balaban J connectivity index is 1.34. The number of guanidine groups is 1. The van der Waals surface area contributed by atoms with Crippen molar-refractivity contribution in [3.63, 3.8) is 0 Å². The fraction of sp³-hybridized carbons (Fsp3) is 0.650. The molecule has 7 heteroatoms. The first-order valence-electron chi connectivity index (χ1n) is 10.1. The Hall–Kier alpha value is -2.15. The van der Waals surface area contributed by atoms with Crippen LogP contribution in [0.1, 0.15) is 37.7 Å². The number of nitrogens with one attached hydrogen (secondary N) is 1. The lowest BCUT2D eigenvalue weighted by Gasteiger charge is -2.25. The SMILES string of the molecule is CN=C(NCCCCc1ccc([N+](=O)[O-])cc1)N1CCC(N2CCCC2)C1. The summed E-state index contributed by atoms with van der Waals surface area (Å²) in [5.41, 5.74) is 1.31. The molecule has 1 unspecified atom stereocenters. The Labute approximate surface area is 161 Å². The third-order valence-electron chi connectivity index (χ3n) is 5.65. The molecule has 0 spiro atoms. The highest BCUT2D eigenvalue weighted by atomic mass is 16.6. The van der Waals surface area contributed by atoms with Crippen LogP contribution in [0.2, 0.25) is 0 Å². The third kappa shape index (κ3) is 5.42. The molecule has 0 aliphatic carbocycles. The van der Waals surface area contributed by atoms with Crippen LogP contribution in [-0.4, -0.2) is 66.5 Å². The molecular formula is C20H31N5O2. The molecule has 0 aromatic heterocycles. The van der Waals surface area contributed by atoms with E-state index in [1.54, 1.807) is 12.1 Å². The van der Waals surface area contributed by atoms with Crippen LogP contribution in [0.4, 0.5) is 5.69 Å². The molecule has 27 heavy (non-hydrogen) atoms. The van der Waals surface area contributed by atoms with Gasteiger partial charge in [0.1, 0.15) is 0 Å². The summed E-state index contributed by atoms with van der Waals surface area (Å²) < 4.78 is 0. The summed E-state index contributed by atoms with van der Waals surface area (Å²) in [6.07, 6.45) is 6.98. The lowest BCUT2D eigenvalue weighted by molar-refractivity contribution is -0.384. The first kappa shape index (κ1) is 19.6. The Morgan fingerprint density at radius 3 is 2.63 bits per heavy atom. The van der Waals surface area contributed by atoms with Gasteiger partial charge in [-0.2, -0.15) is 0 Å². The molecule has 2 heterocycles. The van der Waals surface area contributed by atoms with Crippen LogP contribution in [-0.2, 0) is 6.42 Å². The second-order valence-corrected chi connectivity index (χ2v) is 7.49. The van der Waals surface area contributed by atoms with Gasteiger partial charge in [0, 0.05) is 44.9 Å². The van der Waals surface area contributed by atoms with E-state index in [1.165, 1.54) is 32.4 Å². The molecule has 0 saturated carbocycles. The minimum atomic E-state index is -0.355. The molecule has 1 aromatic rings. The van der Waals surface area contributed by atoms with Crippen molar-refractivity contribution in [2.45, 2.75) is 44.6 Å². The summed E-state index contributed by atoms with van der Waals surface area (Å²) in [6, 6.07) is 7.56. The molecule has 7 nitrogen and oxygen atoms in total. The number of hydrogen-bond acceptors (Lipinski definition) is 4. The van der Waals surface area contributed by atoms with Gasteiger partial charge in [0.05, 0.1) is 4.92 Å². The number of likely N-dealkylation sites (tertiary alicyclic amines) is 2. The average Bonchev–Trinajstić information content (AvgIpc) is 3.36. The Bertz CT molecular complexity index is 640. The predicted octanol–water partition coefficient (Wildman–Crippen LogP) is 2.66. The molecule has 1 atom stereocenters. The Morgan fingerprint density at radius 2 is 1.96 bits per heavy atom. The highest BCUT2D eigenvalue weighted by Gasteiger charge is 2.30. The summed E-state index contributed by atoms with van der Waals surface area (Å²) in [5, 5.41) is 14.2. The second kappa shape index (κ2) is 9.69. The molecule has 0 radical (unpaired) electrons. The molecule has 2 fully saturated rings. The molecule has 0 amide bonds. The average molecular weight is 374 g/mol. The summed E-state index contributed by atoms with van der Waals surface area (Å²) in [4.78, 5) is 19.8. The van der Waals surface area contributed by atoms with Gasteiger partial charge in [-0.25, -0.2) is 0 Å². The third-order valence-corrected chi connectivity index (χ3v) is 5.65. The van der Waals surface area contributed by atoms with Gasteiger partial charge in [-0.15, -0.1) is 0 Å². The standard InChI is InChI=1S/C20H31N5O2/c1-21-20(24-15-11-19(16-24)23-13-4-5-14-23)22-12-3-2-6-17-7-9-18(10-8-17)25(26)27/h7-10,19H,2-6,11-16H2,1H3,(H,21,22). The van der Waals surface area contributed by atoms with E-state index in [-0.39, 0.29) is 10.6 Å². The Kier molecular flexibility index (Phi) is 7.04. The monoisotopic (exact) mass is 373 g/mol. The van der Waals surface area contributed by atoms with Crippen molar-refractivity contribution >= 4 is 11.6 Å². The number of nitrogens with zero attached hydrogens (tertiary/aromatic N) is 4. The number of benzene rings is 1. The smallest absolute Gasteiger partial charge is 0.269 e. The summed E-state index contributed by atoms with van der Waals surface area (Å²) in [7, 11) is 1.86. The number of rotatable bonds is 7. The molecule has 2 aliphatic heterocycles. The molecular weight excluding hydrogens is 342 g/mol. The van der Waals surface area contributed by atoms with E-state index in [0.29, 0.717) is 6.04 Å². The largest absolute Gasteiger partial charge is 0.356 e. The van der Waals surface area contributed by atoms with E-state index in [9.17, 15) is 10.1 Å². The van der Waals surface area contributed by atoms with Crippen molar-refractivity contribution in [3.8, 4) is 0 Å². The van der Waals surface area contributed by atoms with E-state index < -0.39 is 0 Å². The van der Waals surface area contributed by atoms with Crippen molar-refractivity contribution in [3.05, 3.63) is 39.9 Å². The first-order chi connectivity index (χ1) is 13.2. The second-order valence-electron chi connectivity index (χ2n) is 7.49. The highest BCUT2D eigenvalue weighted by Crippen LogP contribution is 2.20. The number of aliphatic imine (C=N–C) groups is 1. The van der Waals surface area contributed by atoms with E-state index in [2.05, 4.69) is 20.1 Å². The number of aryl methyl sites for hydroxylation is 1. The number of non-ortho nitro benzene ring substituents is 1. The fourth-order valence-electron chi connectivity index (χ4n) is 4.11. The highest BCUT2D eigenvalue weighted by molar-refractivity contribution is 5.80. The van der Waals surface area contributed by atoms with E-state index >= 15 is 0 Å². The molecule has 0 bridgehead atoms. The molecule has 1 aromatic carbocycles. The summed E-state index contributed by atoms with van der Waals surface area (Å²) in [5.74, 6) is 1.02. The number of nitro benzene ring substituents is 1. The van der Waals surface area contributed by atoms with Crippen LogP contribution in [0.25, 0.3) is 0 Å². The lowest BCUT2D eigenvalue weighted by Crippen LogP contribution is -2.43. The van der Waals surface area contributed by atoms with Crippen molar-refractivity contribution in [1.29, 1.82) is 0 Å². The van der Waals surface area contributed by atoms with Crippen molar-refractivity contribution in [2.24, 2.45) is 4.99 Å². The zero-order valence-corrected chi connectivity index (χ0v) is 16.3. The van der Waals surface area contributed by atoms with Gasteiger partial charge < -0.3 is 10.2 Å². The van der Waals surface area contributed by atoms with Gasteiger partial charge >= 0.3 is 0 Å². The molecule has 2 saturated heterocycles. The van der Waals surface area contributed by atoms with E-state index in [4.69, 9.17) is 0 Å². The van der Waals surface area contributed by atoms with Gasteiger partial charge in [0.2, 0.25) is 0 Å². The van der Waals surface area contributed by atoms with Crippen LogP contribution in [0.15, 0.2) is 29.3 Å². The normalized spacial score (nSPS) is 21.0. The number of hydrogen-bond donors (Lipinski definition) is 1. The quantitative estimate of drug-likeness (QED) is 0.261. The lowest BCUT2D eigenvalue weighted by atomic mass is 10.1. The van der Waals surface area contributed by atoms with Gasteiger partial charge in [-0.05, 0) is 57.2 Å². The number of unbranched alkanes of at least 4 members (excludes halogenated alkanes) is 1. The molecule has 2 aliphatic rings.